The number of hydrogen-bond donors (Lipinski definition) is 2. The Morgan fingerprint density at radius 1 is 1.00 bits per heavy atom. The van der Waals surface area contributed by atoms with Crippen LogP contribution in [0.2, 0.25) is 5.02 Å². The molecular formula is C29H34ClN3O2. The van der Waals surface area contributed by atoms with Crippen molar-refractivity contribution in [1.82, 2.24) is 15.5 Å². The number of nitrogens with one attached hydrogen (secondary N) is 2. The number of methoxy groups -OCH3 is 1. The molecule has 184 valence electrons. The summed E-state index contributed by atoms with van der Waals surface area (Å²) in [5, 5.41) is 7.56. The third-order valence-corrected chi connectivity index (χ3v) is 6.94. The van der Waals surface area contributed by atoms with E-state index in [0.717, 1.165) is 48.7 Å². The maximum Gasteiger partial charge on any atom is 0.237 e. The first kappa shape index (κ1) is 25.2. The molecule has 3 aromatic carbocycles. The van der Waals surface area contributed by atoms with E-state index in [9.17, 15) is 4.79 Å². The standard InChI is InChI=1S/C29H34ClN3O2/c1-35-26-15-13-23(14-16-26)19-32-25-18-28(33(21-25)20-24-11-5-6-12-27(24)30)29(34)31-17-7-10-22-8-3-2-4-9-22/h2-6,8-9,11-16,25,28,32H,7,10,17-21H2,1H3,(H,31,34)/t25-,28-/m0/s1. The molecule has 0 unspecified atom stereocenters. The highest BCUT2D eigenvalue weighted by Gasteiger charge is 2.36. The van der Waals surface area contributed by atoms with Gasteiger partial charge in [0.25, 0.3) is 0 Å². The lowest BCUT2D eigenvalue weighted by Gasteiger charge is -2.24. The largest absolute Gasteiger partial charge is 0.497 e. The molecule has 0 saturated carbocycles. The zero-order chi connectivity index (χ0) is 24.5. The minimum absolute atomic E-state index is 0.0962. The summed E-state index contributed by atoms with van der Waals surface area (Å²) < 4.78 is 5.25. The van der Waals surface area contributed by atoms with Crippen molar-refractivity contribution in [3.05, 3.63) is 101 Å². The first-order chi connectivity index (χ1) is 17.1. The summed E-state index contributed by atoms with van der Waals surface area (Å²) in [6.45, 7) is 2.88. The third kappa shape index (κ3) is 7.31. The SMILES string of the molecule is COc1ccc(CN[C@H]2C[C@@H](C(=O)NCCCc3ccccc3)N(Cc3ccccc3Cl)C2)cc1. The normalized spacial score (nSPS) is 17.9. The first-order valence-corrected chi connectivity index (χ1v) is 12.7. The van der Waals surface area contributed by atoms with E-state index >= 15 is 0 Å². The molecule has 2 atom stereocenters. The van der Waals surface area contributed by atoms with E-state index in [2.05, 4.69) is 51.9 Å². The number of benzene rings is 3. The number of ether oxygens (including phenoxy) is 1. The van der Waals surface area contributed by atoms with Gasteiger partial charge in [-0.1, -0.05) is 72.3 Å². The molecule has 0 spiro atoms. The molecule has 0 radical (unpaired) electrons. The minimum atomic E-state index is -0.184. The first-order valence-electron chi connectivity index (χ1n) is 12.3. The van der Waals surface area contributed by atoms with E-state index < -0.39 is 0 Å². The monoisotopic (exact) mass is 491 g/mol. The van der Waals surface area contributed by atoms with Gasteiger partial charge in [-0.2, -0.15) is 0 Å². The van der Waals surface area contributed by atoms with Crippen molar-refractivity contribution in [3.8, 4) is 5.75 Å². The lowest BCUT2D eigenvalue weighted by atomic mass is 10.1. The van der Waals surface area contributed by atoms with Gasteiger partial charge in [0.2, 0.25) is 5.91 Å². The number of amides is 1. The zero-order valence-electron chi connectivity index (χ0n) is 20.3. The number of carbonyl (C=O) groups excluding carboxylic acids is 1. The summed E-state index contributed by atoms with van der Waals surface area (Å²) in [6, 6.07) is 26.4. The molecule has 5 nitrogen and oxygen atoms in total. The second-order valence-electron chi connectivity index (χ2n) is 9.08. The minimum Gasteiger partial charge on any atom is -0.497 e. The second kappa shape index (κ2) is 12.7. The van der Waals surface area contributed by atoms with Gasteiger partial charge >= 0.3 is 0 Å². The molecule has 1 amide bonds. The highest BCUT2D eigenvalue weighted by Crippen LogP contribution is 2.25. The van der Waals surface area contributed by atoms with Crippen LogP contribution in [0.15, 0.2) is 78.9 Å². The van der Waals surface area contributed by atoms with Crippen LogP contribution in [0.1, 0.15) is 29.5 Å². The Kier molecular flexibility index (Phi) is 9.18. The van der Waals surface area contributed by atoms with Gasteiger partial charge in [-0.05, 0) is 54.2 Å². The summed E-state index contributed by atoms with van der Waals surface area (Å²) in [5.41, 5.74) is 3.54. The highest BCUT2D eigenvalue weighted by atomic mass is 35.5. The number of hydrogen-bond acceptors (Lipinski definition) is 4. The van der Waals surface area contributed by atoms with E-state index in [1.54, 1.807) is 7.11 Å². The van der Waals surface area contributed by atoms with Crippen molar-refractivity contribution >= 4 is 17.5 Å². The molecule has 3 aromatic rings. The predicted octanol–water partition coefficient (Wildman–Crippen LogP) is 4.83. The summed E-state index contributed by atoms with van der Waals surface area (Å²) in [7, 11) is 1.67. The Bertz CT molecular complexity index is 1070. The fraction of sp³-hybridized carbons (Fsp3) is 0.345. The topological polar surface area (TPSA) is 53.6 Å². The number of halogens is 1. The van der Waals surface area contributed by atoms with E-state index in [1.165, 1.54) is 11.1 Å². The van der Waals surface area contributed by atoms with Gasteiger partial charge in [-0.15, -0.1) is 0 Å². The van der Waals surface area contributed by atoms with Gasteiger partial charge in [-0.3, -0.25) is 9.69 Å². The van der Waals surface area contributed by atoms with Crippen LogP contribution in [-0.4, -0.2) is 43.1 Å². The van der Waals surface area contributed by atoms with Gasteiger partial charge in [0.05, 0.1) is 13.2 Å². The molecule has 1 heterocycles. The molecule has 0 bridgehead atoms. The maximum absolute atomic E-state index is 13.2. The average molecular weight is 492 g/mol. The van der Waals surface area contributed by atoms with Crippen LogP contribution in [0.25, 0.3) is 0 Å². The molecule has 2 N–H and O–H groups in total. The Morgan fingerprint density at radius 3 is 2.49 bits per heavy atom. The average Bonchev–Trinajstić information content (AvgIpc) is 3.30. The number of rotatable bonds is 11. The molecule has 1 aliphatic heterocycles. The van der Waals surface area contributed by atoms with Gasteiger partial charge < -0.3 is 15.4 Å². The van der Waals surface area contributed by atoms with E-state index in [1.807, 2.05) is 42.5 Å². The van der Waals surface area contributed by atoms with Gasteiger partial charge in [0, 0.05) is 37.2 Å². The van der Waals surface area contributed by atoms with Crippen LogP contribution in [0.5, 0.6) is 5.75 Å². The Balaban J connectivity index is 1.34. The second-order valence-corrected chi connectivity index (χ2v) is 9.49. The van der Waals surface area contributed by atoms with Crippen LogP contribution in [0.4, 0.5) is 0 Å². The molecular weight excluding hydrogens is 458 g/mol. The highest BCUT2D eigenvalue weighted by molar-refractivity contribution is 6.31. The summed E-state index contributed by atoms with van der Waals surface area (Å²) in [5.74, 6) is 0.948. The fourth-order valence-corrected chi connectivity index (χ4v) is 4.81. The predicted molar refractivity (Wildman–Crippen MR) is 142 cm³/mol. The van der Waals surface area contributed by atoms with Crippen molar-refractivity contribution in [3.63, 3.8) is 0 Å². The zero-order valence-corrected chi connectivity index (χ0v) is 21.0. The van der Waals surface area contributed by atoms with Crippen LogP contribution in [-0.2, 0) is 24.3 Å². The van der Waals surface area contributed by atoms with Crippen molar-refractivity contribution in [1.29, 1.82) is 0 Å². The van der Waals surface area contributed by atoms with Gasteiger partial charge in [0.1, 0.15) is 5.75 Å². The quantitative estimate of drug-likeness (QED) is 0.377. The van der Waals surface area contributed by atoms with Crippen molar-refractivity contribution in [2.75, 3.05) is 20.2 Å². The molecule has 4 rings (SSSR count). The number of carbonyl (C=O) groups is 1. The Labute approximate surface area is 213 Å². The molecule has 1 aliphatic rings. The van der Waals surface area contributed by atoms with Crippen molar-refractivity contribution < 1.29 is 9.53 Å². The molecule has 35 heavy (non-hydrogen) atoms. The lowest BCUT2D eigenvalue weighted by Crippen LogP contribution is -2.43. The fourth-order valence-electron chi connectivity index (χ4n) is 4.62. The number of nitrogens with zero attached hydrogens (tertiary/aromatic N) is 1. The number of likely N-dealkylation sites (tertiary alicyclic amines) is 1. The van der Waals surface area contributed by atoms with E-state index in [-0.39, 0.29) is 18.0 Å². The third-order valence-electron chi connectivity index (χ3n) is 6.58. The maximum atomic E-state index is 13.2. The van der Waals surface area contributed by atoms with Crippen LogP contribution in [0, 0.1) is 0 Å². The van der Waals surface area contributed by atoms with Crippen molar-refractivity contribution in [2.24, 2.45) is 0 Å². The summed E-state index contributed by atoms with van der Waals surface area (Å²) in [6.07, 6.45) is 2.65. The smallest absolute Gasteiger partial charge is 0.237 e. The van der Waals surface area contributed by atoms with E-state index in [4.69, 9.17) is 16.3 Å². The molecule has 0 aromatic heterocycles. The van der Waals surface area contributed by atoms with E-state index in [0.29, 0.717) is 13.1 Å². The molecule has 1 saturated heterocycles. The molecule has 0 aliphatic carbocycles. The van der Waals surface area contributed by atoms with Gasteiger partial charge in [-0.25, -0.2) is 0 Å². The van der Waals surface area contributed by atoms with Gasteiger partial charge in [0.15, 0.2) is 0 Å². The van der Waals surface area contributed by atoms with Crippen LogP contribution < -0.4 is 15.4 Å². The lowest BCUT2D eigenvalue weighted by molar-refractivity contribution is -0.125. The number of aryl methyl sites for hydroxylation is 1. The Morgan fingerprint density at radius 2 is 1.74 bits per heavy atom. The van der Waals surface area contributed by atoms with Crippen LogP contribution in [0.3, 0.4) is 0 Å². The molecule has 6 heteroatoms. The Hall–Kier alpha value is -2.86. The summed E-state index contributed by atoms with van der Waals surface area (Å²) >= 11 is 6.44. The summed E-state index contributed by atoms with van der Waals surface area (Å²) in [4.78, 5) is 15.5. The van der Waals surface area contributed by atoms with Crippen LogP contribution >= 0.6 is 11.6 Å². The van der Waals surface area contributed by atoms with Crippen molar-refractivity contribution in [2.45, 2.75) is 44.4 Å². The molecule has 1 fully saturated rings.